The van der Waals surface area contributed by atoms with Crippen LogP contribution in [0.3, 0.4) is 0 Å². The third kappa shape index (κ3) is 4.98. The first kappa shape index (κ1) is 19.0. The Hall–Kier alpha value is -2.04. The van der Waals surface area contributed by atoms with Crippen LogP contribution in [-0.4, -0.2) is 25.2 Å². The summed E-state index contributed by atoms with van der Waals surface area (Å²) in [5.41, 5.74) is 1.46. The molecule has 0 aliphatic rings. The predicted molar refractivity (Wildman–Crippen MR) is 90.9 cm³/mol. The maximum absolute atomic E-state index is 12.3. The number of esters is 1. The second kappa shape index (κ2) is 9.18. The van der Waals surface area contributed by atoms with E-state index >= 15 is 0 Å². The summed E-state index contributed by atoms with van der Waals surface area (Å²) >= 11 is 0. The molecule has 1 aromatic carbocycles. The lowest BCUT2D eigenvalue weighted by Gasteiger charge is -2.25. The van der Waals surface area contributed by atoms with Gasteiger partial charge in [0.1, 0.15) is 0 Å². The van der Waals surface area contributed by atoms with Gasteiger partial charge in [-0.25, -0.2) is 4.79 Å². The fraction of sp³-hybridized carbons (Fsp3) is 0.556. The van der Waals surface area contributed by atoms with E-state index < -0.39 is 6.09 Å². The quantitative estimate of drug-likeness (QED) is 0.554. The summed E-state index contributed by atoms with van der Waals surface area (Å²) in [6.07, 6.45) is 1.05. The zero-order valence-corrected chi connectivity index (χ0v) is 14.7. The molecule has 0 saturated heterocycles. The molecule has 1 atom stereocenters. The Labute approximate surface area is 138 Å². The smallest absolute Gasteiger partial charge is 0.414 e. The predicted octanol–water partition coefficient (Wildman–Crippen LogP) is 4.32. The Bertz CT molecular complexity index is 542. The number of aryl methyl sites for hydroxylation is 1. The first-order valence-corrected chi connectivity index (χ1v) is 8.21. The molecule has 0 fully saturated rings. The van der Waals surface area contributed by atoms with Gasteiger partial charge in [-0.2, -0.15) is 0 Å². The summed E-state index contributed by atoms with van der Waals surface area (Å²) in [6, 6.07) is 5.41. The van der Waals surface area contributed by atoms with Gasteiger partial charge >= 0.3 is 12.1 Å². The van der Waals surface area contributed by atoms with E-state index in [-0.39, 0.29) is 11.9 Å². The molecule has 0 aromatic heterocycles. The largest absolute Gasteiger partial charge is 0.449 e. The molecule has 0 radical (unpaired) electrons. The minimum absolute atomic E-state index is 0.189. The van der Waals surface area contributed by atoms with Crippen molar-refractivity contribution < 1.29 is 19.1 Å². The maximum atomic E-state index is 12.3. The SMILES string of the molecule is CCCN(C(=O)OCC)c1c(C)cccc1OC(=O)C(C)CC. The highest BCUT2D eigenvalue weighted by atomic mass is 16.6. The van der Waals surface area contributed by atoms with Gasteiger partial charge in [0.15, 0.2) is 5.75 Å². The van der Waals surface area contributed by atoms with Crippen LogP contribution in [0.15, 0.2) is 18.2 Å². The Morgan fingerprint density at radius 1 is 1.22 bits per heavy atom. The minimum atomic E-state index is -0.426. The second-order valence-corrected chi connectivity index (χ2v) is 5.50. The van der Waals surface area contributed by atoms with E-state index in [0.29, 0.717) is 31.0 Å². The van der Waals surface area contributed by atoms with Crippen molar-refractivity contribution in [3.05, 3.63) is 23.8 Å². The van der Waals surface area contributed by atoms with E-state index in [9.17, 15) is 9.59 Å². The molecule has 5 heteroatoms. The van der Waals surface area contributed by atoms with Crippen molar-refractivity contribution in [2.75, 3.05) is 18.1 Å². The molecule has 1 amide bonds. The maximum Gasteiger partial charge on any atom is 0.414 e. The number of nitrogens with zero attached hydrogens (tertiary/aromatic N) is 1. The number of carbonyl (C=O) groups is 2. The normalized spacial score (nSPS) is 11.7. The lowest BCUT2D eigenvalue weighted by atomic mass is 10.1. The van der Waals surface area contributed by atoms with Crippen LogP contribution >= 0.6 is 0 Å². The second-order valence-electron chi connectivity index (χ2n) is 5.50. The number of carbonyl (C=O) groups excluding carboxylic acids is 2. The highest BCUT2D eigenvalue weighted by molar-refractivity contribution is 5.91. The lowest BCUT2D eigenvalue weighted by Crippen LogP contribution is -2.33. The molecule has 1 unspecified atom stereocenters. The number of ether oxygens (including phenoxy) is 2. The number of hydrogen-bond acceptors (Lipinski definition) is 4. The Morgan fingerprint density at radius 2 is 1.91 bits per heavy atom. The number of anilines is 1. The van der Waals surface area contributed by atoms with Crippen molar-refractivity contribution in [1.29, 1.82) is 0 Å². The van der Waals surface area contributed by atoms with E-state index in [2.05, 4.69) is 0 Å². The number of hydrogen-bond donors (Lipinski definition) is 0. The van der Waals surface area contributed by atoms with Crippen LogP contribution in [0.1, 0.15) is 46.1 Å². The highest BCUT2D eigenvalue weighted by Gasteiger charge is 2.24. The van der Waals surface area contributed by atoms with Crippen molar-refractivity contribution >= 4 is 17.7 Å². The van der Waals surface area contributed by atoms with E-state index in [1.807, 2.05) is 39.8 Å². The van der Waals surface area contributed by atoms with Crippen LogP contribution in [0, 0.1) is 12.8 Å². The molecule has 0 bridgehead atoms. The monoisotopic (exact) mass is 321 g/mol. The molecular formula is C18H27NO4. The summed E-state index contributed by atoms with van der Waals surface area (Å²) in [6.45, 7) is 10.2. The summed E-state index contributed by atoms with van der Waals surface area (Å²) in [4.78, 5) is 25.9. The zero-order chi connectivity index (χ0) is 17.4. The van der Waals surface area contributed by atoms with E-state index in [4.69, 9.17) is 9.47 Å². The standard InChI is InChI=1S/C18H27NO4/c1-6-12-19(18(21)22-8-3)16-14(5)10-9-11-15(16)23-17(20)13(4)7-2/h9-11,13H,6-8,12H2,1-5H3. The van der Waals surface area contributed by atoms with E-state index in [0.717, 1.165) is 12.0 Å². The number of benzene rings is 1. The van der Waals surface area contributed by atoms with Gasteiger partial charge < -0.3 is 9.47 Å². The van der Waals surface area contributed by atoms with Gasteiger partial charge in [-0.15, -0.1) is 0 Å². The Morgan fingerprint density at radius 3 is 2.48 bits per heavy atom. The van der Waals surface area contributed by atoms with Crippen LogP contribution in [0.4, 0.5) is 10.5 Å². The molecule has 23 heavy (non-hydrogen) atoms. The molecule has 0 saturated carbocycles. The minimum Gasteiger partial charge on any atom is -0.449 e. The number of amides is 1. The first-order valence-electron chi connectivity index (χ1n) is 8.21. The van der Waals surface area contributed by atoms with Crippen LogP contribution in [-0.2, 0) is 9.53 Å². The molecule has 0 heterocycles. The van der Waals surface area contributed by atoms with Crippen molar-refractivity contribution in [2.45, 2.75) is 47.5 Å². The zero-order valence-electron chi connectivity index (χ0n) is 14.7. The van der Waals surface area contributed by atoms with Gasteiger partial charge in [-0.1, -0.05) is 32.9 Å². The van der Waals surface area contributed by atoms with Crippen LogP contribution in [0.25, 0.3) is 0 Å². The molecular weight excluding hydrogens is 294 g/mol. The average Bonchev–Trinajstić information content (AvgIpc) is 2.53. The third-order valence-corrected chi connectivity index (χ3v) is 3.63. The van der Waals surface area contributed by atoms with Gasteiger partial charge in [0.2, 0.25) is 0 Å². The molecule has 0 N–H and O–H groups in total. The molecule has 0 aliphatic heterocycles. The Kier molecular flexibility index (Phi) is 7.59. The molecule has 1 rings (SSSR count). The molecule has 0 spiro atoms. The third-order valence-electron chi connectivity index (χ3n) is 3.63. The fourth-order valence-corrected chi connectivity index (χ4v) is 2.16. The summed E-state index contributed by atoms with van der Waals surface area (Å²) in [7, 11) is 0. The van der Waals surface area contributed by atoms with E-state index in [1.54, 1.807) is 13.0 Å². The van der Waals surface area contributed by atoms with Crippen LogP contribution < -0.4 is 9.64 Å². The van der Waals surface area contributed by atoms with Crippen molar-refractivity contribution in [3.63, 3.8) is 0 Å². The summed E-state index contributed by atoms with van der Waals surface area (Å²) in [5.74, 6) is -0.0814. The highest BCUT2D eigenvalue weighted by Crippen LogP contribution is 2.33. The first-order chi connectivity index (χ1) is 11.0. The van der Waals surface area contributed by atoms with E-state index in [1.165, 1.54) is 4.90 Å². The molecule has 0 aliphatic carbocycles. The van der Waals surface area contributed by atoms with Gasteiger partial charge in [-0.05, 0) is 38.3 Å². The lowest BCUT2D eigenvalue weighted by molar-refractivity contribution is -0.138. The van der Waals surface area contributed by atoms with Gasteiger partial charge in [0.05, 0.1) is 18.2 Å². The summed E-state index contributed by atoms with van der Waals surface area (Å²) < 4.78 is 10.7. The fourth-order valence-electron chi connectivity index (χ4n) is 2.16. The van der Waals surface area contributed by atoms with Gasteiger partial charge in [0, 0.05) is 6.54 Å². The van der Waals surface area contributed by atoms with Crippen LogP contribution in [0.5, 0.6) is 5.75 Å². The average molecular weight is 321 g/mol. The van der Waals surface area contributed by atoms with Crippen LogP contribution in [0.2, 0.25) is 0 Å². The molecule has 5 nitrogen and oxygen atoms in total. The van der Waals surface area contributed by atoms with Crippen molar-refractivity contribution in [1.82, 2.24) is 0 Å². The molecule has 128 valence electrons. The molecule has 1 aromatic rings. The van der Waals surface area contributed by atoms with Gasteiger partial charge in [0.25, 0.3) is 0 Å². The Balaban J connectivity index is 3.21. The number of para-hydroxylation sites is 1. The number of rotatable bonds is 7. The van der Waals surface area contributed by atoms with Crippen molar-refractivity contribution in [2.24, 2.45) is 5.92 Å². The van der Waals surface area contributed by atoms with Gasteiger partial charge in [-0.3, -0.25) is 9.69 Å². The topological polar surface area (TPSA) is 55.8 Å². The van der Waals surface area contributed by atoms with Crippen molar-refractivity contribution in [3.8, 4) is 5.75 Å². The summed E-state index contributed by atoms with van der Waals surface area (Å²) in [5, 5.41) is 0.